The lowest BCUT2D eigenvalue weighted by atomic mass is 9.95. The summed E-state index contributed by atoms with van der Waals surface area (Å²) in [5.41, 5.74) is 4.10. The number of amides is 1. The van der Waals surface area contributed by atoms with Crippen LogP contribution in [0.5, 0.6) is 0 Å². The Labute approximate surface area is 152 Å². The van der Waals surface area contributed by atoms with Crippen molar-refractivity contribution in [3.8, 4) is 0 Å². The molecule has 3 rings (SSSR count). The first-order valence-corrected chi connectivity index (χ1v) is 8.97. The van der Waals surface area contributed by atoms with E-state index in [4.69, 9.17) is 14.3 Å². The zero-order chi connectivity index (χ0) is 18.8. The molecule has 0 aliphatic carbocycles. The molecular formula is C20H25NO5. The predicted octanol–water partition coefficient (Wildman–Crippen LogP) is 3.11. The van der Waals surface area contributed by atoms with E-state index < -0.39 is 12.1 Å². The third kappa shape index (κ3) is 3.90. The number of aryl methyl sites for hydroxylation is 1. The molecule has 26 heavy (non-hydrogen) atoms. The highest BCUT2D eigenvalue weighted by atomic mass is 16.5. The third-order valence-corrected chi connectivity index (χ3v) is 4.90. The second kappa shape index (κ2) is 7.50. The minimum absolute atomic E-state index is 0.0296. The smallest absolute Gasteiger partial charge is 0.306 e. The van der Waals surface area contributed by atoms with Gasteiger partial charge < -0.3 is 19.2 Å². The summed E-state index contributed by atoms with van der Waals surface area (Å²) in [4.78, 5) is 25.3. The van der Waals surface area contributed by atoms with E-state index in [0.29, 0.717) is 25.6 Å². The molecule has 1 fully saturated rings. The Morgan fingerprint density at radius 3 is 2.81 bits per heavy atom. The molecule has 6 nitrogen and oxygen atoms in total. The number of carboxylic acid groups (broad SMARTS) is 1. The second-order valence-electron chi connectivity index (χ2n) is 7.23. The van der Waals surface area contributed by atoms with Gasteiger partial charge in [0.2, 0.25) is 5.91 Å². The number of hydrogen-bond donors (Lipinski definition) is 1. The molecule has 1 aromatic heterocycles. The Morgan fingerprint density at radius 1 is 1.35 bits per heavy atom. The fourth-order valence-corrected chi connectivity index (χ4v) is 3.54. The molecule has 0 bridgehead atoms. The van der Waals surface area contributed by atoms with Gasteiger partial charge in [-0.3, -0.25) is 9.59 Å². The first kappa shape index (κ1) is 18.5. The maximum absolute atomic E-state index is 12.7. The Morgan fingerprint density at radius 2 is 2.12 bits per heavy atom. The monoisotopic (exact) mass is 359 g/mol. The van der Waals surface area contributed by atoms with E-state index in [2.05, 4.69) is 26.8 Å². The van der Waals surface area contributed by atoms with Crippen molar-refractivity contribution in [2.24, 2.45) is 0 Å². The van der Waals surface area contributed by atoms with Crippen molar-refractivity contribution in [1.82, 2.24) is 4.90 Å². The van der Waals surface area contributed by atoms with Gasteiger partial charge in [0.15, 0.2) is 0 Å². The molecule has 1 aromatic carbocycles. The molecule has 1 unspecified atom stereocenters. The Bertz CT molecular complexity index is 823. The van der Waals surface area contributed by atoms with Gasteiger partial charge in [0.25, 0.3) is 0 Å². The van der Waals surface area contributed by atoms with Crippen LogP contribution in [0.4, 0.5) is 0 Å². The van der Waals surface area contributed by atoms with Gasteiger partial charge in [0.1, 0.15) is 5.58 Å². The highest BCUT2D eigenvalue weighted by Gasteiger charge is 2.26. The van der Waals surface area contributed by atoms with E-state index in [1.54, 1.807) is 11.2 Å². The number of carbonyl (C=O) groups excluding carboxylic acids is 1. The van der Waals surface area contributed by atoms with Crippen LogP contribution in [0.3, 0.4) is 0 Å². The lowest BCUT2D eigenvalue weighted by Gasteiger charge is -2.32. The quantitative estimate of drug-likeness (QED) is 0.887. The van der Waals surface area contributed by atoms with E-state index in [9.17, 15) is 9.59 Å². The van der Waals surface area contributed by atoms with Gasteiger partial charge in [-0.25, -0.2) is 0 Å². The van der Waals surface area contributed by atoms with Gasteiger partial charge >= 0.3 is 5.97 Å². The van der Waals surface area contributed by atoms with E-state index in [-0.39, 0.29) is 18.7 Å². The lowest BCUT2D eigenvalue weighted by molar-refractivity contribution is -0.147. The van der Waals surface area contributed by atoms with Crippen molar-refractivity contribution in [3.63, 3.8) is 0 Å². The van der Waals surface area contributed by atoms with Crippen LogP contribution >= 0.6 is 0 Å². The number of benzene rings is 1. The average molecular weight is 359 g/mol. The number of furan rings is 1. The minimum Gasteiger partial charge on any atom is -0.481 e. The molecule has 1 saturated heterocycles. The van der Waals surface area contributed by atoms with Crippen LogP contribution < -0.4 is 0 Å². The van der Waals surface area contributed by atoms with Gasteiger partial charge in [-0.2, -0.15) is 0 Å². The number of morpholine rings is 1. The predicted molar refractivity (Wildman–Crippen MR) is 97.3 cm³/mol. The average Bonchev–Trinajstić information content (AvgIpc) is 2.95. The topological polar surface area (TPSA) is 80.0 Å². The minimum atomic E-state index is -0.915. The van der Waals surface area contributed by atoms with E-state index in [1.165, 1.54) is 11.1 Å². The van der Waals surface area contributed by atoms with Gasteiger partial charge in [-0.1, -0.05) is 13.8 Å². The van der Waals surface area contributed by atoms with Gasteiger partial charge in [0, 0.05) is 24.0 Å². The largest absolute Gasteiger partial charge is 0.481 e. The van der Waals surface area contributed by atoms with Crippen LogP contribution in [-0.4, -0.2) is 47.7 Å². The SMILES string of the molecule is Cc1cc2occ(CC(=O)N3CCOC(CC(=O)O)C3)c2cc1C(C)C. The number of fused-ring (bicyclic) bond motifs is 1. The summed E-state index contributed by atoms with van der Waals surface area (Å²) in [5.74, 6) is -0.548. The van der Waals surface area contributed by atoms with Crippen LogP contribution in [-0.2, 0) is 20.7 Å². The maximum Gasteiger partial charge on any atom is 0.306 e. The molecule has 2 aromatic rings. The fourth-order valence-electron chi connectivity index (χ4n) is 3.54. The molecule has 1 N–H and O–H groups in total. The molecule has 0 spiro atoms. The summed E-state index contributed by atoms with van der Waals surface area (Å²) in [7, 11) is 0. The van der Waals surface area contributed by atoms with Gasteiger partial charge in [-0.05, 0) is 36.1 Å². The first-order chi connectivity index (χ1) is 12.3. The first-order valence-electron chi connectivity index (χ1n) is 8.97. The highest BCUT2D eigenvalue weighted by Crippen LogP contribution is 2.29. The Balaban J connectivity index is 1.77. The standard InChI is InChI=1S/C20H25NO5/c1-12(2)16-9-17-14(11-26-18(17)6-13(16)3)7-19(22)21-4-5-25-15(10-21)8-20(23)24/h6,9,11-12,15H,4-5,7-8,10H2,1-3H3,(H,23,24). The highest BCUT2D eigenvalue weighted by molar-refractivity contribution is 5.88. The normalized spacial score (nSPS) is 17.8. The zero-order valence-electron chi connectivity index (χ0n) is 15.4. The fraction of sp³-hybridized carbons (Fsp3) is 0.500. The molecule has 6 heteroatoms. The number of hydrogen-bond acceptors (Lipinski definition) is 4. The van der Waals surface area contributed by atoms with Gasteiger partial charge in [-0.15, -0.1) is 0 Å². The molecule has 140 valence electrons. The van der Waals surface area contributed by atoms with E-state index in [1.807, 2.05) is 6.07 Å². The van der Waals surface area contributed by atoms with Crippen LogP contribution in [0.2, 0.25) is 0 Å². The van der Waals surface area contributed by atoms with E-state index in [0.717, 1.165) is 16.5 Å². The molecule has 1 aliphatic rings. The number of ether oxygens (including phenoxy) is 1. The number of nitrogens with zero attached hydrogens (tertiary/aromatic N) is 1. The third-order valence-electron chi connectivity index (χ3n) is 4.90. The van der Waals surface area contributed by atoms with Crippen LogP contribution in [0.1, 0.15) is 42.9 Å². The molecule has 1 aliphatic heterocycles. The summed E-state index contributed by atoms with van der Waals surface area (Å²) in [6.45, 7) is 7.54. The summed E-state index contributed by atoms with van der Waals surface area (Å²) >= 11 is 0. The summed E-state index contributed by atoms with van der Waals surface area (Å²) < 4.78 is 11.1. The second-order valence-corrected chi connectivity index (χ2v) is 7.23. The van der Waals surface area contributed by atoms with Crippen molar-refractivity contribution in [2.45, 2.75) is 45.6 Å². The molecule has 2 heterocycles. The molecule has 1 atom stereocenters. The van der Waals surface area contributed by atoms with E-state index >= 15 is 0 Å². The Hall–Kier alpha value is -2.34. The molecular weight excluding hydrogens is 334 g/mol. The van der Waals surface area contributed by atoms with Crippen molar-refractivity contribution in [3.05, 3.63) is 35.1 Å². The molecule has 1 amide bonds. The number of carboxylic acids is 1. The van der Waals surface area contributed by atoms with Gasteiger partial charge in [0.05, 0.1) is 31.8 Å². The van der Waals surface area contributed by atoms with Crippen LogP contribution in [0.15, 0.2) is 22.8 Å². The summed E-state index contributed by atoms with van der Waals surface area (Å²) in [6, 6.07) is 4.14. The number of aliphatic carboxylic acids is 1. The molecule has 0 saturated carbocycles. The molecule has 0 radical (unpaired) electrons. The van der Waals surface area contributed by atoms with Crippen molar-refractivity contribution >= 4 is 22.8 Å². The Kier molecular flexibility index (Phi) is 5.32. The number of carbonyl (C=O) groups is 2. The summed E-state index contributed by atoms with van der Waals surface area (Å²) in [6.07, 6.45) is 1.37. The number of rotatable bonds is 5. The van der Waals surface area contributed by atoms with Crippen molar-refractivity contribution in [1.29, 1.82) is 0 Å². The zero-order valence-corrected chi connectivity index (χ0v) is 15.4. The lowest BCUT2D eigenvalue weighted by Crippen LogP contribution is -2.46. The van der Waals surface area contributed by atoms with Crippen LogP contribution in [0, 0.1) is 6.92 Å². The van der Waals surface area contributed by atoms with Crippen molar-refractivity contribution < 1.29 is 23.8 Å². The van der Waals surface area contributed by atoms with Crippen molar-refractivity contribution in [2.75, 3.05) is 19.7 Å². The summed E-state index contributed by atoms with van der Waals surface area (Å²) in [5, 5.41) is 9.89. The maximum atomic E-state index is 12.7. The van der Waals surface area contributed by atoms with Crippen LogP contribution in [0.25, 0.3) is 11.0 Å².